The lowest BCUT2D eigenvalue weighted by molar-refractivity contribution is 0.515. The summed E-state index contributed by atoms with van der Waals surface area (Å²) in [6.07, 6.45) is 7.98. The second kappa shape index (κ2) is 5.03. The Hall–Kier alpha value is -0.480. The fourth-order valence-corrected chi connectivity index (χ4v) is 3.22. The summed E-state index contributed by atoms with van der Waals surface area (Å²) >= 11 is 7.78. The van der Waals surface area contributed by atoms with Crippen molar-refractivity contribution in [1.82, 2.24) is 9.97 Å². The zero-order valence-electron chi connectivity index (χ0n) is 8.45. The largest absolute Gasteiger partial charge is 0.382 e. The van der Waals surface area contributed by atoms with Gasteiger partial charge in [-0.25, -0.2) is 9.97 Å². The summed E-state index contributed by atoms with van der Waals surface area (Å²) in [6, 6.07) is 0. The molecule has 2 N–H and O–H groups in total. The molecule has 5 heteroatoms. The van der Waals surface area contributed by atoms with Crippen LogP contribution in [0.5, 0.6) is 0 Å². The Morgan fingerprint density at radius 2 is 2.00 bits per heavy atom. The molecule has 0 saturated heterocycles. The SMILES string of the molecule is Nc1ncnc(SC2CCCCC2)c1Cl. The molecule has 1 aliphatic rings. The van der Waals surface area contributed by atoms with Crippen molar-refractivity contribution in [2.24, 2.45) is 0 Å². The van der Waals surface area contributed by atoms with Crippen LogP contribution in [-0.2, 0) is 0 Å². The molecule has 0 aliphatic heterocycles. The highest BCUT2D eigenvalue weighted by atomic mass is 35.5. The number of nitrogen functional groups attached to an aromatic ring is 1. The minimum absolute atomic E-state index is 0.380. The van der Waals surface area contributed by atoms with Crippen LogP contribution in [0, 0.1) is 0 Å². The number of nitrogens with zero attached hydrogens (tertiary/aromatic N) is 2. The maximum absolute atomic E-state index is 6.04. The smallest absolute Gasteiger partial charge is 0.146 e. The van der Waals surface area contributed by atoms with E-state index in [9.17, 15) is 0 Å². The molecule has 0 unspecified atom stereocenters. The Kier molecular flexibility index (Phi) is 3.70. The van der Waals surface area contributed by atoms with Gasteiger partial charge in [-0.1, -0.05) is 30.9 Å². The number of aromatic nitrogens is 2. The number of anilines is 1. The Bertz CT molecular complexity index is 339. The van der Waals surface area contributed by atoms with Gasteiger partial charge in [0.05, 0.1) is 0 Å². The van der Waals surface area contributed by atoms with Crippen LogP contribution in [0.3, 0.4) is 0 Å². The minimum Gasteiger partial charge on any atom is -0.382 e. The third-order valence-electron chi connectivity index (χ3n) is 2.61. The maximum atomic E-state index is 6.04. The molecule has 0 amide bonds. The molecule has 1 aromatic heterocycles. The van der Waals surface area contributed by atoms with E-state index in [0.29, 0.717) is 16.1 Å². The van der Waals surface area contributed by atoms with Crippen LogP contribution >= 0.6 is 23.4 Å². The summed E-state index contributed by atoms with van der Waals surface area (Å²) in [5, 5.41) is 1.98. The molecule has 0 radical (unpaired) electrons. The third-order valence-corrected chi connectivity index (χ3v) is 4.44. The molecule has 3 nitrogen and oxygen atoms in total. The standard InChI is InChI=1S/C10H14ClN3S/c11-8-9(12)13-6-14-10(8)15-7-4-2-1-3-5-7/h6-7H,1-5H2,(H2,12,13,14). The number of hydrogen-bond donors (Lipinski definition) is 1. The number of thioether (sulfide) groups is 1. The van der Waals surface area contributed by atoms with Crippen molar-refractivity contribution >= 4 is 29.2 Å². The topological polar surface area (TPSA) is 51.8 Å². The van der Waals surface area contributed by atoms with Gasteiger partial charge in [0.2, 0.25) is 0 Å². The van der Waals surface area contributed by atoms with Gasteiger partial charge >= 0.3 is 0 Å². The van der Waals surface area contributed by atoms with Gasteiger partial charge in [0.1, 0.15) is 22.2 Å². The van der Waals surface area contributed by atoms with Gasteiger partial charge in [-0.15, -0.1) is 11.8 Å². The summed E-state index contributed by atoms with van der Waals surface area (Å²) in [5.41, 5.74) is 5.63. The predicted octanol–water partition coefficient (Wildman–Crippen LogP) is 3.14. The average Bonchev–Trinajstić information content (AvgIpc) is 2.26. The van der Waals surface area contributed by atoms with E-state index in [1.54, 1.807) is 11.8 Å². The summed E-state index contributed by atoms with van der Waals surface area (Å²) in [7, 11) is 0. The zero-order valence-corrected chi connectivity index (χ0v) is 10.0. The van der Waals surface area contributed by atoms with Crippen molar-refractivity contribution in [1.29, 1.82) is 0 Å². The van der Waals surface area contributed by atoms with E-state index in [1.807, 2.05) is 0 Å². The first kappa shape index (κ1) is 11.0. The molecule has 1 aromatic rings. The van der Waals surface area contributed by atoms with Crippen molar-refractivity contribution in [2.45, 2.75) is 42.4 Å². The summed E-state index contributed by atoms with van der Waals surface area (Å²) in [4.78, 5) is 8.03. The second-order valence-corrected chi connectivity index (χ2v) is 5.42. The summed E-state index contributed by atoms with van der Waals surface area (Å²) < 4.78 is 0. The molecule has 0 atom stereocenters. The van der Waals surface area contributed by atoms with Crippen LogP contribution in [0.1, 0.15) is 32.1 Å². The van der Waals surface area contributed by atoms with E-state index in [-0.39, 0.29) is 0 Å². The predicted molar refractivity (Wildman–Crippen MR) is 64.2 cm³/mol. The molecule has 0 bridgehead atoms. The van der Waals surface area contributed by atoms with Gasteiger partial charge in [0.15, 0.2) is 0 Å². The molecule has 2 rings (SSSR count). The molecule has 0 spiro atoms. The lowest BCUT2D eigenvalue weighted by Crippen LogP contribution is -2.08. The lowest BCUT2D eigenvalue weighted by Gasteiger charge is -2.20. The fourth-order valence-electron chi connectivity index (χ4n) is 1.79. The van der Waals surface area contributed by atoms with Crippen molar-refractivity contribution in [3.8, 4) is 0 Å². The highest BCUT2D eigenvalue weighted by Crippen LogP contribution is 2.36. The number of nitrogens with two attached hydrogens (primary N) is 1. The Balaban J connectivity index is 2.06. The fraction of sp³-hybridized carbons (Fsp3) is 0.600. The van der Waals surface area contributed by atoms with E-state index in [1.165, 1.54) is 38.4 Å². The van der Waals surface area contributed by atoms with Crippen LogP contribution in [0.15, 0.2) is 11.4 Å². The molecular formula is C10H14ClN3S. The van der Waals surface area contributed by atoms with E-state index in [4.69, 9.17) is 17.3 Å². The van der Waals surface area contributed by atoms with Gasteiger partial charge in [0, 0.05) is 5.25 Å². The molecule has 1 saturated carbocycles. The van der Waals surface area contributed by atoms with E-state index < -0.39 is 0 Å². The maximum Gasteiger partial charge on any atom is 0.146 e. The quantitative estimate of drug-likeness (QED) is 0.811. The van der Waals surface area contributed by atoms with Gasteiger partial charge in [-0.3, -0.25) is 0 Å². The van der Waals surface area contributed by atoms with Crippen molar-refractivity contribution in [3.63, 3.8) is 0 Å². The van der Waals surface area contributed by atoms with E-state index in [2.05, 4.69) is 9.97 Å². The molecule has 1 fully saturated rings. The zero-order chi connectivity index (χ0) is 10.7. The van der Waals surface area contributed by atoms with E-state index >= 15 is 0 Å². The number of halogens is 1. The first-order valence-corrected chi connectivity index (χ1v) is 6.46. The molecular weight excluding hydrogens is 230 g/mol. The molecule has 1 heterocycles. The number of hydrogen-bond acceptors (Lipinski definition) is 4. The Morgan fingerprint density at radius 3 is 2.73 bits per heavy atom. The van der Waals surface area contributed by atoms with Gasteiger partial charge in [0.25, 0.3) is 0 Å². The van der Waals surface area contributed by atoms with Crippen LogP contribution in [0.4, 0.5) is 5.82 Å². The van der Waals surface area contributed by atoms with Crippen molar-refractivity contribution in [2.75, 3.05) is 5.73 Å². The molecule has 82 valence electrons. The third kappa shape index (κ3) is 2.75. The van der Waals surface area contributed by atoms with Crippen LogP contribution in [0.25, 0.3) is 0 Å². The van der Waals surface area contributed by atoms with Crippen LogP contribution in [-0.4, -0.2) is 15.2 Å². The van der Waals surface area contributed by atoms with Gasteiger partial charge in [-0.05, 0) is 12.8 Å². The molecule has 15 heavy (non-hydrogen) atoms. The molecule has 1 aliphatic carbocycles. The Labute approximate surface area is 98.8 Å². The second-order valence-electron chi connectivity index (χ2n) is 3.76. The monoisotopic (exact) mass is 243 g/mol. The Morgan fingerprint density at radius 1 is 1.27 bits per heavy atom. The summed E-state index contributed by atoms with van der Waals surface area (Å²) in [5.74, 6) is 0.380. The van der Waals surface area contributed by atoms with Crippen LogP contribution < -0.4 is 5.73 Å². The molecule has 0 aromatic carbocycles. The lowest BCUT2D eigenvalue weighted by atomic mass is 10.0. The van der Waals surface area contributed by atoms with Gasteiger partial charge in [-0.2, -0.15) is 0 Å². The van der Waals surface area contributed by atoms with Crippen molar-refractivity contribution < 1.29 is 0 Å². The highest BCUT2D eigenvalue weighted by Gasteiger charge is 2.17. The first-order valence-electron chi connectivity index (χ1n) is 5.20. The number of rotatable bonds is 2. The van der Waals surface area contributed by atoms with Crippen molar-refractivity contribution in [3.05, 3.63) is 11.3 Å². The first-order chi connectivity index (χ1) is 7.27. The minimum atomic E-state index is 0.380. The van der Waals surface area contributed by atoms with Crippen LogP contribution in [0.2, 0.25) is 5.02 Å². The highest BCUT2D eigenvalue weighted by molar-refractivity contribution is 8.00. The average molecular weight is 244 g/mol. The van der Waals surface area contributed by atoms with Gasteiger partial charge < -0.3 is 5.73 Å². The van der Waals surface area contributed by atoms with E-state index in [0.717, 1.165) is 5.03 Å². The summed E-state index contributed by atoms with van der Waals surface area (Å²) in [6.45, 7) is 0. The normalized spacial score (nSPS) is 17.9.